The number of benzene rings is 1. The van der Waals surface area contributed by atoms with E-state index in [2.05, 4.69) is 15.5 Å². The van der Waals surface area contributed by atoms with Crippen molar-refractivity contribution in [3.63, 3.8) is 0 Å². The van der Waals surface area contributed by atoms with Gasteiger partial charge in [0.05, 0.1) is 17.7 Å². The molecule has 0 unspecified atom stereocenters. The standard InChI is InChI=1S/C20H21N3O4S/c1-13(24)21-8-7-17-10-18(23-27-17)19-11-22-20(28-19)26-16-4-2-3-15(9-16)25-12-14-5-6-14/h2-4,9-11,14H,5-8,12H2,1H3,(H,21,24). The van der Waals surface area contributed by atoms with Crippen LogP contribution in [0.1, 0.15) is 25.5 Å². The molecule has 0 radical (unpaired) electrons. The number of rotatable bonds is 9. The molecule has 0 bridgehead atoms. The first-order valence-electron chi connectivity index (χ1n) is 9.22. The van der Waals surface area contributed by atoms with E-state index in [1.165, 1.54) is 31.1 Å². The molecule has 0 spiro atoms. The van der Waals surface area contributed by atoms with Crippen LogP contribution >= 0.6 is 11.3 Å². The fourth-order valence-corrected chi connectivity index (χ4v) is 3.30. The lowest BCUT2D eigenvalue weighted by Gasteiger charge is -2.07. The average molecular weight is 399 g/mol. The van der Waals surface area contributed by atoms with E-state index < -0.39 is 0 Å². The third-order valence-electron chi connectivity index (χ3n) is 4.23. The molecule has 4 rings (SSSR count). The number of aromatic nitrogens is 2. The van der Waals surface area contributed by atoms with E-state index in [4.69, 9.17) is 14.0 Å². The number of nitrogens with zero attached hydrogens (tertiary/aromatic N) is 2. The van der Waals surface area contributed by atoms with E-state index in [9.17, 15) is 4.79 Å². The van der Waals surface area contributed by atoms with Gasteiger partial charge in [-0.15, -0.1) is 0 Å². The van der Waals surface area contributed by atoms with E-state index in [1.807, 2.05) is 30.3 Å². The molecule has 1 saturated carbocycles. The van der Waals surface area contributed by atoms with E-state index in [0.717, 1.165) is 17.2 Å². The van der Waals surface area contributed by atoms with Gasteiger partial charge >= 0.3 is 0 Å². The number of ether oxygens (including phenoxy) is 2. The molecular weight excluding hydrogens is 378 g/mol. The Morgan fingerprint density at radius 3 is 3.00 bits per heavy atom. The molecule has 2 aromatic heterocycles. The minimum Gasteiger partial charge on any atom is -0.493 e. The second kappa shape index (κ2) is 8.43. The summed E-state index contributed by atoms with van der Waals surface area (Å²) in [6.45, 7) is 2.76. The Morgan fingerprint density at radius 1 is 1.32 bits per heavy atom. The minimum absolute atomic E-state index is 0.0639. The van der Waals surface area contributed by atoms with Gasteiger partial charge in [-0.05, 0) is 30.9 Å². The van der Waals surface area contributed by atoms with Gasteiger partial charge in [0.1, 0.15) is 23.0 Å². The zero-order chi connectivity index (χ0) is 19.3. The third kappa shape index (κ3) is 5.10. The van der Waals surface area contributed by atoms with Crippen molar-refractivity contribution in [2.24, 2.45) is 5.92 Å². The van der Waals surface area contributed by atoms with Gasteiger partial charge < -0.3 is 19.3 Å². The minimum atomic E-state index is -0.0639. The zero-order valence-electron chi connectivity index (χ0n) is 15.5. The molecular formula is C20H21N3O4S. The summed E-state index contributed by atoms with van der Waals surface area (Å²) >= 11 is 1.39. The van der Waals surface area contributed by atoms with Crippen molar-refractivity contribution < 1.29 is 18.8 Å². The Morgan fingerprint density at radius 2 is 2.18 bits per heavy atom. The van der Waals surface area contributed by atoms with Gasteiger partial charge in [0.2, 0.25) is 5.91 Å². The van der Waals surface area contributed by atoms with Crippen LogP contribution in [0.15, 0.2) is 41.1 Å². The molecule has 0 saturated heterocycles. The molecule has 7 nitrogen and oxygen atoms in total. The Kier molecular flexibility index (Phi) is 5.57. The van der Waals surface area contributed by atoms with Crippen molar-refractivity contribution in [2.75, 3.05) is 13.2 Å². The van der Waals surface area contributed by atoms with Crippen molar-refractivity contribution in [3.8, 4) is 27.3 Å². The molecule has 28 heavy (non-hydrogen) atoms. The van der Waals surface area contributed by atoms with E-state index in [0.29, 0.717) is 41.3 Å². The summed E-state index contributed by atoms with van der Waals surface area (Å²) in [5.74, 6) is 2.84. The number of carbonyl (C=O) groups is 1. The van der Waals surface area contributed by atoms with Gasteiger partial charge in [0, 0.05) is 32.0 Å². The Bertz CT molecular complexity index is 948. The molecule has 1 amide bonds. The van der Waals surface area contributed by atoms with Crippen LogP contribution in [0.2, 0.25) is 0 Å². The average Bonchev–Trinajstić information content (AvgIpc) is 3.19. The number of thiazole rings is 1. The normalized spacial score (nSPS) is 13.3. The fraction of sp³-hybridized carbons (Fsp3) is 0.350. The number of hydrogen-bond donors (Lipinski definition) is 1. The van der Waals surface area contributed by atoms with Crippen LogP contribution < -0.4 is 14.8 Å². The molecule has 1 aromatic carbocycles. The maximum absolute atomic E-state index is 10.9. The van der Waals surface area contributed by atoms with Crippen LogP contribution in [-0.4, -0.2) is 29.2 Å². The molecule has 8 heteroatoms. The summed E-state index contributed by atoms with van der Waals surface area (Å²) in [6.07, 6.45) is 4.81. The molecule has 2 heterocycles. The predicted molar refractivity (Wildman–Crippen MR) is 105 cm³/mol. The maximum atomic E-state index is 10.9. The maximum Gasteiger partial charge on any atom is 0.279 e. The van der Waals surface area contributed by atoms with Gasteiger partial charge in [0.15, 0.2) is 0 Å². The third-order valence-corrected chi connectivity index (χ3v) is 5.13. The van der Waals surface area contributed by atoms with Crippen LogP contribution in [0.25, 0.3) is 10.6 Å². The highest BCUT2D eigenvalue weighted by Gasteiger charge is 2.22. The van der Waals surface area contributed by atoms with E-state index in [1.54, 1.807) is 6.20 Å². The SMILES string of the molecule is CC(=O)NCCc1cc(-c2cnc(Oc3cccc(OCC4CC4)c3)s2)no1. The Hall–Kier alpha value is -2.87. The van der Waals surface area contributed by atoms with Crippen molar-refractivity contribution >= 4 is 17.2 Å². The summed E-state index contributed by atoms with van der Waals surface area (Å²) in [4.78, 5) is 16.1. The van der Waals surface area contributed by atoms with Crippen LogP contribution in [0, 0.1) is 5.92 Å². The lowest BCUT2D eigenvalue weighted by atomic mass is 10.3. The molecule has 0 atom stereocenters. The van der Waals surface area contributed by atoms with Crippen molar-refractivity contribution in [2.45, 2.75) is 26.2 Å². The van der Waals surface area contributed by atoms with Crippen molar-refractivity contribution in [1.82, 2.24) is 15.5 Å². The van der Waals surface area contributed by atoms with Gasteiger partial charge in [-0.2, -0.15) is 0 Å². The van der Waals surface area contributed by atoms with Gasteiger partial charge in [0.25, 0.3) is 5.19 Å². The lowest BCUT2D eigenvalue weighted by molar-refractivity contribution is -0.118. The summed E-state index contributed by atoms with van der Waals surface area (Å²) < 4.78 is 17.0. The monoisotopic (exact) mass is 399 g/mol. The second-order valence-electron chi connectivity index (χ2n) is 6.73. The van der Waals surface area contributed by atoms with Crippen LogP contribution in [0.5, 0.6) is 16.7 Å². The highest BCUT2D eigenvalue weighted by Crippen LogP contribution is 2.34. The fourth-order valence-electron chi connectivity index (χ4n) is 2.56. The smallest absolute Gasteiger partial charge is 0.279 e. The Labute approximate surface area is 166 Å². The molecule has 1 aliphatic carbocycles. The summed E-state index contributed by atoms with van der Waals surface area (Å²) in [5, 5.41) is 7.33. The predicted octanol–water partition coefficient (Wildman–Crippen LogP) is 4.06. The molecule has 1 aliphatic rings. The van der Waals surface area contributed by atoms with Crippen molar-refractivity contribution in [3.05, 3.63) is 42.3 Å². The van der Waals surface area contributed by atoms with Gasteiger partial charge in [-0.3, -0.25) is 4.79 Å². The van der Waals surface area contributed by atoms with Crippen LogP contribution in [-0.2, 0) is 11.2 Å². The first kappa shape index (κ1) is 18.5. The van der Waals surface area contributed by atoms with Crippen LogP contribution in [0.3, 0.4) is 0 Å². The van der Waals surface area contributed by atoms with Crippen molar-refractivity contribution in [1.29, 1.82) is 0 Å². The zero-order valence-corrected chi connectivity index (χ0v) is 16.3. The molecule has 146 valence electrons. The number of hydrogen-bond acceptors (Lipinski definition) is 7. The molecule has 1 N–H and O–H groups in total. The largest absolute Gasteiger partial charge is 0.493 e. The number of carbonyl (C=O) groups excluding carboxylic acids is 1. The van der Waals surface area contributed by atoms with E-state index in [-0.39, 0.29) is 5.91 Å². The Balaban J connectivity index is 1.36. The quantitative estimate of drug-likeness (QED) is 0.584. The highest BCUT2D eigenvalue weighted by atomic mass is 32.1. The summed E-state index contributed by atoms with van der Waals surface area (Å²) in [5.41, 5.74) is 0.701. The number of nitrogens with one attached hydrogen (secondary N) is 1. The highest BCUT2D eigenvalue weighted by molar-refractivity contribution is 7.16. The van der Waals surface area contributed by atoms with E-state index >= 15 is 0 Å². The topological polar surface area (TPSA) is 86.5 Å². The first-order valence-corrected chi connectivity index (χ1v) is 10.0. The first-order chi connectivity index (χ1) is 13.7. The summed E-state index contributed by atoms with van der Waals surface area (Å²) in [7, 11) is 0. The number of amides is 1. The summed E-state index contributed by atoms with van der Waals surface area (Å²) in [6, 6.07) is 9.44. The van der Waals surface area contributed by atoms with Crippen LogP contribution in [0.4, 0.5) is 0 Å². The second-order valence-corrected chi connectivity index (χ2v) is 7.73. The van der Waals surface area contributed by atoms with Gasteiger partial charge in [-0.1, -0.05) is 22.6 Å². The lowest BCUT2D eigenvalue weighted by Crippen LogP contribution is -2.22. The van der Waals surface area contributed by atoms with Gasteiger partial charge in [-0.25, -0.2) is 4.98 Å². The molecule has 0 aliphatic heterocycles. The molecule has 1 fully saturated rings. The molecule has 3 aromatic rings.